The van der Waals surface area contributed by atoms with E-state index >= 15 is 0 Å². The van der Waals surface area contributed by atoms with Gasteiger partial charge in [0, 0.05) is 0 Å². The minimum Gasteiger partial charge on any atom is -0.393 e. The van der Waals surface area contributed by atoms with Crippen molar-refractivity contribution in [2.45, 2.75) is 36.8 Å². The number of hydrogen-bond donors (Lipinski definition) is 2. The lowest BCUT2D eigenvalue weighted by Gasteiger charge is -2.33. The minimum atomic E-state index is -0.871. The summed E-state index contributed by atoms with van der Waals surface area (Å²) >= 11 is 0. The van der Waals surface area contributed by atoms with Crippen LogP contribution >= 0.6 is 0 Å². The third-order valence-corrected chi connectivity index (χ3v) is 2.98. The highest BCUT2D eigenvalue weighted by Crippen LogP contribution is 2.42. The van der Waals surface area contributed by atoms with Crippen molar-refractivity contribution < 1.29 is 19.7 Å². The van der Waals surface area contributed by atoms with Crippen LogP contribution < -0.4 is 0 Å². The summed E-state index contributed by atoms with van der Waals surface area (Å²) in [7, 11) is 1.84. The lowest BCUT2D eigenvalue weighted by molar-refractivity contribution is -0.173. The van der Waals surface area contributed by atoms with Crippen LogP contribution in [0.4, 0.5) is 0 Å². The van der Waals surface area contributed by atoms with Gasteiger partial charge in [-0.15, -0.1) is 0 Å². The molecule has 4 nitrogen and oxygen atoms in total. The van der Waals surface area contributed by atoms with E-state index in [9.17, 15) is 5.11 Å². The van der Waals surface area contributed by atoms with Gasteiger partial charge >= 0.3 is 0 Å². The van der Waals surface area contributed by atoms with Gasteiger partial charge in [0.05, 0.1) is 18.7 Å². The van der Waals surface area contributed by atoms with Crippen LogP contribution in [0.1, 0.15) is 6.92 Å². The van der Waals surface area contributed by atoms with Crippen molar-refractivity contribution in [2.24, 2.45) is 0 Å². The van der Waals surface area contributed by atoms with Crippen molar-refractivity contribution in [2.75, 3.05) is 6.61 Å². The molecule has 2 saturated heterocycles. The van der Waals surface area contributed by atoms with E-state index in [-0.39, 0.29) is 24.8 Å². The van der Waals surface area contributed by atoms with E-state index in [0.29, 0.717) is 0 Å². The Morgan fingerprint density at radius 2 is 2.25 bits per heavy atom. The fourth-order valence-corrected chi connectivity index (χ4v) is 2.15. The Labute approximate surface area is 71.9 Å². The maximum Gasteiger partial charge on any atom is 0.145 e. The minimum absolute atomic E-state index is 0.122. The van der Waals surface area contributed by atoms with E-state index in [1.165, 1.54) is 0 Å². The number of aliphatic hydroxyl groups excluding tert-OH is 2. The summed E-state index contributed by atoms with van der Waals surface area (Å²) in [6.07, 6.45) is -1.18. The Morgan fingerprint density at radius 3 is 2.58 bits per heavy atom. The van der Waals surface area contributed by atoms with Gasteiger partial charge in [-0.25, -0.2) is 0 Å². The zero-order valence-electron chi connectivity index (χ0n) is 7.23. The van der Waals surface area contributed by atoms with Crippen LogP contribution in [0.5, 0.6) is 0 Å². The lowest BCUT2D eigenvalue weighted by atomic mass is 9.91. The van der Waals surface area contributed by atoms with Crippen LogP contribution in [0.3, 0.4) is 0 Å². The monoisotopic (exact) mass is 172 g/mol. The van der Waals surface area contributed by atoms with E-state index in [2.05, 4.69) is 0 Å². The summed E-state index contributed by atoms with van der Waals surface area (Å²) in [5.74, 6) is 0. The summed E-state index contributed by atoms with van der Waals surface area (Å²) in [5.41, 5.74) is -0.871. The van der Waals surface area contributed by atoms with Gasteiger partial charge in [0.25, 0.3) is 0 Å². The highest BCUT2D eigenvalue weighted by Gasteiger charge is 2.63. The van der Waals surface area contributed by atoms with Gasteiger partial charge in [0.15, 0.2) is 0 Å². The molecule has 0 aliphatic carbocycles. The van der Waals surface area contributed by atoms with Crippen molar-refractivity contribution >= 4 is 7.85 Å². The smallest absolute Gasteiger partial charge is 0.145 e. The first kappa shape index (κ1) is 8.50. The molecule has 2 bridgehead atoms. The largest absolute Gasteiger partial charge is 0.393 e. The van der Waals surface area contributed by atoms with Gasteiger partial charge < -0.3 is 19.7 Å². The Kier molecular flexibility index (Phi) is 1.73. The van der Waals surface area contributed by atoms with Gasteiger partial charge in [-0.1, -0.05) is 0 Å². The van der Waals surface area contributed by atoms with Crippen molar-refractivity contribution in [3.05, 3.63) is 0 Å². The van der Waals surface area contributed by atoms with Gasteiger partial charge in [0.2, 0.25) is 0 Å². The van der Waals surface area contributed by atoms with Gasteiger partial charge in [0.1, 0.15) is 25.7 Å². The topological polar surface area (TPSA) is 58.9 Å². The molecule has 0 spiro atoms. The number of fused-ring (bicyclic) bond motifs is 2. The summed E-state index contributed by atoms with van der Waals surface area (Å²) in [6.45, 7) is 1.63. The molecule has 2 aliphatic rings. The van der Waals surface area contributed by atoms with Crippen LogP contribution in [0, 0.1) is 0 Å². The summed E-state index contributed by atoms with van der Waals surface area (Å²) in [5, 5.41) is 18.8. The molecular formula is C7H13BO4. The first-order valence-corrected chi connectivity index (χ1v) is 4.24. The van der Waals surface area contributed by atoms with Crippen molar-refractivity contribution in [3.8, 4) is 0 Å². The van der Waals surface area contributed by atoms with Crippen molar-refractivity contribution in [3.63, 3.8) is 0 Å². The molecule has 0 aromatic heterocycles. The third-order valence-electron chi connectivity index (χ3n) is 2.98. The number of hydrogen-bond acceptors (Lipinski definition) is 4. The Bertz CT molecular complexity index is 200. The molecule has 2 aliphatic heterocycles. The normalized spacial score (nSPS) is 57.9. The molecule has 2 heterocycles. The van der Waals surface area contributed by atoms with E-state index in [0.717, 1.165) is 0 Å². The van der Waals surface area contributed by atoms with Crippen LogP contribution in [0.25, 0.3) is 0 Å². The highest BCUT2D eigenvalue weighted by molar-refractivity contribution is 6.11. The Morgan fingerprint density at radius 1 is 1.58 bits per heavy atom. The second-order valence-corrected chi connectivity index (χ2v) is 3.62. The molecule has 2 rings (SSSR count). The fourth-order valence-electron chi connectivity index (χ4n) is 2.15. The molecule has 2 N–H and O–H groups in total. The van der Waals surface area contributed by atoms with Gasteiger partial charge in [-0.3, -0.25) is 0 Å². The fraction of sp³-hybridized carbons (Fsp3) is 1.00. The molecule has 3 unspecified atom stereocenters. The highest BCUT2D eigenvalue weighted by atomic mass is 16.6. The first-order valence-electron chi connectivity index (χ1n) is 4.24. The van der Waals surface area contributed by atoms with Crippen molar-refractivity contribution in [1.82, 2.24) is 0 Å². The molecule has 68 valence electrons. The van der Waals surface area contributed by atoms with E-state index in [1.54, 1.807) is 0 Å². The number of ether oxygens (including phenoxy) is 2. The predicted octanol–water partition coefficient (Wildman–Crippen LogP) is -2.14. The predicted molar refractivity (Wildman–Crippen MR) is 43.6 cm³/mol. The molecule has 0 aromatic rings. The van der Waals surface area contributed by atoms with Gasteiger partial charge in [-0.05, 0) is 6.92 Å². The zero-order chi connectivity index (χ0) is 8.93. The number of rotatable bonds is 1. The maximum atomic E-state index is 9.71. The Hall–Kier alpha value is -0.0951. The zero-order valence-corrected chi connectivity index (χ0v) is 7.23. The van der Waals surface area contributed by atoms with Crippen LogP contribution in [0.15, 0.2) is 0 Å². The maximum absolute atomic E-state index is 9.71. The van der Waals surface area contributed by atoms with Gasteiger partial charge in [-0.2, -0.15) is 0 Å². The summed E-state index contributed by atoms with van der Waals surface area (Å²) in [6, 6.07) is -0.122. The molecule has 2 fully saturated rings. The molecule has 0 aromatic carbocycles. The second-order valence-electron chi connectivity index (χ2n) is 3.62. The Balaban J connectivity index is 2.30. The van der Waals surface area contributed by atoms with E-state index in [4.69, 9.17) is 14.6 Å². The van der Waals surface area contributed by atoms with Crippen LogP contribution in [-0.4, -0.2) is 54.6 Å². The van der Waals surface area contributed by atoms with Crippen LogP contribution in [-0.2, 0) is 9.47 Å². The molecular weight excluding hydrogens is 159 g/mol. The second kappa shape index (κ2) is 2.45. The van der Waals surface area contributed by atoms with E-state index in [1.807, 2.05) is 14.8 Å². The average molecular weight is 172 g/mol. The average Bonchev–Trinajstić information content (AvgIpc) is 2.41. The van der Waals surface area contributed by atoms with E-state index < -0.39 is 11.7 Å². The number of aliphatic hydroxyl groups is 2. The lowest BCUT2D eigenvalue weighted by Crippen LogP contribution is -2.49. The first-order chi connectivity index (χ1) is 5.62. The third kappa shape index (κ3) is 0.772. The SMILES string of the molecule is B[C@@H]1O[C@@]2(CO)C(C)OC1C2O. The molecule has 0 amide bonds. The molecule has 12 heavy (non-hydrogen) atoms. The quantitative estimate of drug-likeness (QED) is 0.443. The van der Waals surface area contributed by atoms with Crippen molar-refractivity contribution in [1.29, 1.82) is 0 Å². The molecule has 5 atom stereocenters. The standard InChI is InChI=1S/C7H13BO4/c1-3-7(2-9)5(10)4(11-3)6(8)12-7/h3-6,9-10H,2,8H2,1H3/t3?,4?,5?,6-,7+/m1/s1. The van der Waals surface area contributed by atoms with Crippen LogP contribution in [0.2, 0.25) is 0 Å². The molecule has 0 saturated carbocycles. The molecule has 0 radical (unpaired) electrons. The molecule has 5 heteroatoms. The summed E-state index contributed by atoms with van der Waals surface area (Å²) < 4.78 is 10.9. The summed E-state index contributed by atoms with van der Waals surface area (Å²) in [4.78, 5) is 0.